The van der Waals surface area contributed by atoms with Crippen molar-refractivity contribution in [3.63, 3.8) is 0 Å². The molecule has 2 aromatic heterocycles. The average molecular weight is 569 g/mol. The molecule has 0 aliphatic carbocycles. The van der Waals surface area contributed by atoms with Crippen LogP contribution in [0.1, 0.15) is 12.8 Å². The Kier molecular flexibility index (Phi) is 8.50. The first-order valence-corrected chi connectivity index (χ1v) is 11.9. The number of amides is 2. The molecule has 11 nitrogen and oxygen atoms in total. The number of aryl methyl sites for hydroxylation is 1. The number of rotatable bonds is 4. The number of hydrogen-bond acceptors (Lipinski definition) is 6. The summed E-state index contributed by atoms with van der Waals surface area (Å²) in [5.41, 5.74) is 0.0119. The van der Waals surface area contributed by atoms with E-state index >= 15 is 0 Å². The van der Waals surface area contributed by atoms with Crippen molar-refractivity contribution in [2.45, 2.75) is 22.9 Å². The van der Waals surface area contributed by atoms with Gasteiger partial charge in [-0.15, -0.1) is 0 Å². The maximum atomic E-state index is 11.4. The van der Waals surface area contributed by atoms with Gasteiger partial charge in [-0.3, -0.25) is 13.9 Å². The Morgan fingerprint density at radius 2 is 1.78 bits per heavy atom. The number of carbonyl (C=O) groups excluding carboxylic acids is 2. The molecule has 1 saturated heterocycles. The van der Waals surface area contributed by atoms with Gasteiger partial charge in [0.1, 0.15) is 5.52 Å². The fraction of sp³-hybridized carbons (Fsp3) is 0.533. The summed E-state index contributed by atoms with van der Waals surface area (Å²) < 4.78 is 8.54. The molecule has 0 bridgehead atoms. The molecule has 1 aliphatic rings. The zero-order valence-electron chi connectivity index (χ0n) is 15.5. The van der Waals surface area contributed by atoms with Gasteiger partial charge in [0.2, 0.25) is 0 Å². The summed E-state index contributed by atoms with van der Waals surface area (Å²) in [7, 11) is 4.64. The second-order valence-electron chi connectivity index (χ2n) is 5.85. The van der Waals surface area contributed by atoms with Crippen molar-refractivity contribution in [3.05, 3.63) is 27.2 Å². The number of fused-ring (bicyclic) bond motifs is 1. The van der Waals surface area contributed by atoms with E-state index < -0.39 is 0 Å². The second kappa shape index (κ2) is 9.90. The molecule has 0 spiro atoms. The van der Waals surface area contributed by atoms with E-state index in [9.17, 15) is 19.2 Å². The molecule has 2 aromatic rings. The monoisotopic (exact) mass is 570 g/mol. The van der Waals surface area contributed by atoms with E-state index in [1.807, 2.05) is 0 Å². The number of hydrogen-bond donors (Lipinski definition) is 1. The number of methoxy groups -OCH3 is 1. The predicted octanol–water partition coefficient (Wildman–Crippen LogP) is -1.75. The van der Waals surface area contributed by atoms with Crippen molar-refractivity contribution in [3.8, 4) is 0 Å². The molecule has 3 heterocycles. The number of carbonyl (C=O) groups is 2. The number of aromatic amines is 1. The predicted molar refractivity (Wildman–Crippen MR) is 91.7 cm³/mol. The third-order valence-corrected chi connectivity index (χ3v) is 6.73. The summed E-state index contributed by atoms with van der Waals surface area (Å²) in [5, 5.41) is 0. The number of ether oxygens (including phenoxy) is 1. The fourth-order valence-electron chi connectivity index (χ4n) is 2.58. The minimum absolute atomic E-state index is 0. The van der Waals surface area contributed by atoms with Crippen LogP contribution in [-0.4, -0.2) is 61.1 Å². The van der Waals surface area contributed by atoms with Crippen LogP contribution in [0.5, 0.6) is 0 Å². The van der Waals surface area contributed by atoms with Gasteiger partial charge in [0.25, 0.3) is 5.56 Å². The van der Waals surface area contributed by atoms with Crippen molar-refractivity contribution in [2.24, 2.45) is 14.1 Å². The summed E-state index contributed by atoms with van der Waals surface area (Å²) in [6.45, 7) is 0.456. The average Bonchev–Trinajstić information content (AvgIpc) is 3.25. The van der Waals surface area contributed by atoms with Gasteiger partial charge in [-0.05, 0) is 0 Å². The number of nitrogens with zero attached hydrogens (tertiary/aromatic N) is 4. The van der Waals surface area contributed by atoms with E-state index in [0.717, 1.165) is 8.50 Å². The standard InChI is InChI=1S/C8H12NO3.C7H8N4O2.Hg.H2O/c1-6(12-2)5-9-7(10)3-4-8(9)11;1-10-5-4(8-3-9-5)6(12)11(2)7(10)13;;/h6H,1,3-5H2,2H3;3H,1-2H3,(H,8,9);;1H2. The Bertz CT molecular complexity index is 913. The van der Waals surface area contributed by atoms with Gasteiger partial charge in [0, 0.05) is 14.1 Å². The summed E-state index contributed by atoms with van der Waals surface area (Å²) >= 11 is 0.647. The van der Waals surface area contributed by atoms with Crippen LogP contribution in [0, 0.1) is 0 Å². The third kappa shape index (κ3) is 4.90. The van der Waals surface area contributed by atoms with E-state index in [1.54, 1.807) is 14.2 Å². The largest absolute Gasteiger partial charge is 0.412 e. The Morgan fingerprint density at radius 1 is 1.19 bits per heavy atom. The summed E-state index contributed by atoms with van der Waals surface area (Å²) in [4.78, 5) is 53.2. The number of H-pyrrole nitrogens is 1. The molecule has 0 radical (unpaired) electrons. The van der Waals surface area contributed by atoms with Crippen LogP contribution in [-0.2, 0) is 54.5 Å². The van der Waals surface area contributed by atoms with E-state index in [4.69, 9.17) is 4.74 Å². The molecular weight excluding hydrogens is 547 g/mol. The Morgan fingerprint density at radius 3 is 2.30 bits per heavy atom. The molecule has 0 aromatic carbocycles. The molecule has 3 rings (SSSR count). The zero-order chi connectivity index (χ0) is 19.4. The third-order valence-electron chi connectivity index (χ3n) is 4.23. The molecule has 145 valence electrons. The molecule has 1 aliphatic heterocycles. The minimum Gasteiger partial charge on any atom is -0.412 e. The maximum absolute atomic E-state index is 11.4. The first-order valence-electron chi connectivity index (χ1n) is 8.06. The van der Waals surface area contributed by atoms with Crippen molar-refractivity contribution >= 4 is 23.0 Å². The van der Waals surface area contributed by atoms with Crippen LogP contribution in [0.3, 0.4) is 0 Å². The number of aromatic nitrogens is 4. The summed E-state index contributed by atoms with van der Waals surface area (Å²) in [6, 6.07) is 0. The fourth-order valence-corrected chi connectivity index (χ4v) is 4.21. The first kappa shape index (κ1) is 23.2. The van der Waals surface area contributed by atoms with Gasteiger partial charge in [0.15, 0.2) is 5.65 Å². The molecule has 27 heavy (non-hydrogen) atoms. The van der Waals surface area contributed by atoms with Gasteiger partial charge in [0.05, 0.1) is 6.33 Å². The Hall–Kier alpha value is -1.85. The number of likely N-dealkylation sites (tertiary alicyclic amines) is 1. The topological polar surface area (TPSA) is 151 Å². The molecule has 1 atom stereocenters. The summed E-state index contributed by atoms with van der Waals surface area (Å²) in [5.74, 6) is -0.0948. The second-order valence-corrected chi connectivity index (χ2v) is 8.10. The van der Waals surface area contributed by atoms with E-state index in [1.165, 1.54) is 22.8 Å². The number of nitrogens with one attached hydrogen (secondary N) is 1. The van der Waals surface area contributed by atoms with Crippen LogP contribution in [0.2, 0.25) is 3.93 Å². The van der Waals surface area contributed by atoms with Gasteiger partial charge < -0.3 is 10.5 Å². The molecule has 3 N–H and O–H groups in total. The van der Waals surface area contributed by atoms with E-state index in [0.29, 0.717) is 56.7 Å². The molecule has 1 fully saturated rings. The van der Waals surface area contributed by atoms with Crippen LogP contribution in [0.25, 0.3) is 11.2 Å². The van der Waals surface area contributed by atoms with Gasteiger partial charge in [-0.1, -0.05) is 0 Å². The van der Waals surface area contributed by atoms with Crippen molar-refractivity contribution in [2.75, 3.05) is 13.7 Å². The van der Waals surface area contributed by atoms with Crippen LogP contribution >= 0.6 is 0 Å². The first-order chi connectivity index (χ1) is 12.3. The van der Waals surface area contributed by atoms with E-state index in [-0.39, 0.29) is 34.6 Å². The van der Waals surface area contributed by atoms with Crippen molar-refractivity contribution in [1.29, 1.82) is 0 Å². The Labute approximate surface area is 170 Å². The molecular formula is C15H22HgN5O6. The molecule has 12 heteroatoms. The molecule has 1 unspecified atom stereocenters. The van der Waals surface area contributed by atoms with Crippen molar-refractivity contribution < 1.29 is 45.9 Å². The normalized spacial score (nSPS) is 14.8. The summed E-state index contributed by atoms with van der Waals surface area (Å²) in [6.07, 6.45) is 2.21. The SMILES string of the molecule is COC([CH2][Hg])CN1C(=O)CCC1=O.Cn1c(=O)c2[nH]cnc2n(C)c1=O.O. The number of imidazole rings is 1. The smallest absolute Gasteiger partial charge is 0.332 e. The van der Waals surface area contributed by atoms with Crippen LogP contribution in [0.15, 0.2) is 15.9 Å². The van der Waals surface area contributed by atoms with Gasteiger partial charge >= 0.3 is 99.4 Å². The van der Waals surface area contributed by atoms with Crippen molar-refractivity contribution in [1.82, 2.24) is 24.0 Å². The zero-order valence-corrected chi connectivity index (χ0v) is 21.0. The van der Waals surface area contributed by atoms with Gasteiger partial charge in [-0.25, -0.2) is 9.78 Å². The molecule has 0 saturated carbocycles. The minimum atomic E-state index is -0.371. The quantitative estimate of drug-likeness (QED) is 0.341. The van der Waals surface area contributed by atoms with Gasteiger partial charge in [-0.2, -0.15) is 0 Å². The number of imide groups is 1. The van der Waals surface area contributed by atoms with Crippen LogP contribution < -0.4 is 11.2 Å². The van der Waals surface area contributed by atoms with E-state index in [2.05, 4.69) is 9.97 Å². The molecule has 2 amide bonds. The maximum Gasteiger partial charge on any atom is 0.332 e. The van der Waals surface area contributed by atoms with Crippen LogP contribution in [0.4, 0.5) is 0 Å². The Balaban J connectivity index is 0.000000260.